The summed E-state index contributed by atoms with van der Waals surface area (Å²) in [6, 6.07) is 12.7. The second-order valence-electron chi connectivity index (χ2n) is 4.76. The Bertz CT molecular complexity index is 789. The molecule has 0 aliphatic carbocycles. The average Bonchev–Trinajstić information content (AvgIpc) is 2.59. The summed E-state index contributed by atoms with van der Waals surface area (Å²) < 4.78 is 0. The quantitative estimate of drug-likeness (QED) is 0.493. The van der Waals surface area contributed by atoms with Crippen molar-refractivity contribution in [2.24, 2.45) is 20.7 Å². The lowest BCUT2D eigenvalue weighted by Gasteiger charge is -2.07. The van der Waals surface area contributed by atoms with Gasteiger partial charge in [0.1, 0.15) is 6.34 Å². The second kappa shape index (κ2) is 10.5. The molecule has 130 valence electrons. The predicted molar refractivity (Wildman–Crippen MR) is 112 cm³/mol. The van der Waals surface area contributed by atoms with Crippen molar-refractivity contribution in [3.05, 3.63) is 63.1 Å². The third-order valence-electron chi connectivity index (χ3n) is 2.95. The summed E-state index contributed by atoms with van der Waals surface area (Å²) >= 11 is 19.6. The zero-order valence-electron chi connectivity index (χ0n) is 13.1. The van der Waals surface area contributed by atoms with Gasteiger partial charge in [0.15, 0.2) is 0 Å². The first-order valence-corrected chi connectivity index (χ1v) is 9.32. The molecule has 0 atom stereocenters. The molecular formula is C17H15Cl3N4S. The van der Waals surface area contributed by atoms with E-state index in [1.165, 1.54) is 12.7 Å². The molecule has 0 bridgehead atoms. The predicted octanol–water partition coefficient (Wildman–Crippen LogP) is 5.63. The summed E-state index contributed by atoms with van der Waals surface area (Å²) in [5.74, 6) is 0.651. The zero-order chi connectivity index (χ0) is 18.1. The molecule has 0 fully saturated rings. The van der Waals surface area contributed by atoms with Gasteiger partial charge in [-0.05, 0) is 42.0 Å². The van der Waals surface area contributed by atoms with Crippen molar-refractivity contribution in [2.75, 3.05) is 6.54 Å². The number of hydrogen-bond donors (Lipinski definition) is 1. The minimum absolute atomic E-state index is 0.385. The topological polar surface area (TPSA) is 63.1 Å². The second-order valence-corrected chi connectivity index (χ2v) is 7.09. The van der Waals surface area contributed by atoms with Gasteiger partial charge in [-0.3, -0.25) is 4.99 Å². The van der Waals surface area contributed by atoms with E-state index in [-0.39, 0.29) is 0 Å². The van der Waals surface area contributed by atoms with Crippen LogP contribution in [-0.4, -0.2) is 24.3 Å². The lowest BCUT2D eigenvalue weighted by atomic mass is 10.2. The van der Waals surface area contributed by atoms with Gasteiger partial charge in [-0.1, -0.05) is 40.9 Å². The fourth-order valence-corrected chi connectivity index (χ4v) is 3.37. The van der Waals surface area contributed by atoms with Crippen LogP contribution in [0.4, 0.5) is 5.69 Å². The monoisotopic (exact) mass is 412 g/mol. The van der Waals surface area contributed by atoms with Crippen LogP contribution in [0, 0.1) is 0 Å². The molecule has 2 aromatic rings. The molecule has 0 spiro atoms. The maximum absolute atomic E-state index is 6.22. The van der Waals surface area contributed by atoms with Gasteiger partial charge in [-0.2, -0.15) is 0 Å². The fourth-order valence-electron chi connectivity index (χ4n) is 1.78. The fraction of sp³-hybridized carbons (Fsp3) is 0.118. The molecule has 25 heavy (non-hydrogen) atoms. The van der Waals surface area contributed by atoms with Gasteiger partial charge in [-0.15, -0.1) is 11.8 Å². The first kappa shape index (κ1) is 19.8. The van der Waals surface area contributed by atoms with E-state index >= 15 is 0 Å². The first-order chi connectivity index (χ1) is 12.1. The van der Waals surface area contributed by atoms with Crippen molar-refractivity contribution in [1.82, 2.24) is 0 Å². The highest BCUT2D eigenvalue weighted by atomic mass is 35.5. The molecule has 4 nitrogen and oxygen atoms in total. The number of thioether (sulfide) groups is 1. The Hall–Kier alpha value is -1.53. The summed E-state index contributed by atoms with van der Waals surface area (Å²) in [5, 5.41) is 2.72. The van der Waals surface area contributed by atoms with Crippen LogP contribution in [0.15, 0.2) is 57.4 Å². The van der Waals surface area contributed by atoms with E-state index in [9.17, 15) is 0 Å². The number of nitrogens with two attached hydrogens (primary N) is 1. The van der Waals surface area contributed by atoms with Gasteiger partial charge in [0.25, 0.3) is 0 Å². The largest absolute Gasteiger partial charge is 0.390 e. The third kappa shape index (κ3) is 7.08. The molecule has 0 radical (unpaired) electrons. The van der Waals surface area contributed by atoms with Crippen LogP contribution in [0.1, 0.15) is 5.56 Å². The minimum Gasteiger partial charge on any atom is -0.390 e. The van der Waals surface area contributed by atoms with Crippen molar-refractivity contribution >= 4 is 70.0 Å². The van der Waals surface area contributed by atoms with Gasteiger partial charge in [0, 0.05) is 20.8 Å². The Kier molecular flexibility index (Phi) is 8.28. The van der Waals surface area contributed by atoms with Crippen LogP contribution >= 0.6 is 46.6 Å². The van der Waals surface area contributed by atoms with Crippen LogP contribution < -0.4 is 5.73 Å². The number of hydrogen-bond acceptors (Lipinski definition) is 3. The highest BCUT2D eigenvalue weighted by Crippen LogP contribution is 2.26. The molecule has 0 saturated heterocycles. The smallest absolute Gasteiger partial charge is 0.112 e. The first-order valence-electron chi connectivity index (χ1n) is 7.20. The van der Waals surface area contributed by atoms with Crippen molar-refractivity contribution < 1.29 is 0 Å². The third-order valence-corrected chi connectivity index (χ3v) is 4.80. The maximum Gasteiger partial charge on any atom is 0.112 e. The Balaban J connectivity index is 2.14. The molecule has 0 aliphatic heterocycles. The molecule has 0 amide bonds. The van der Waals surface area contributed by atoms with Gasteiger partial charge in [-0.25, -0.2) is 9.98 Å². The molecular weight excluding hydrogens is 399 g/mol. The van der Waals surface area contributed by atoms with Gasteiger partial charge in [0.2, 0.25) is 0 Å². The highest BCUT2D eigenvalue weighted by molar-refractivity contribution is 8.13. The number of aliphatic imine (C=N–C) groups is 3. The van der Waals surface area contributed by atoms with E-state index in [1.54, 1.807) is 30.0 Å². The van der Waals surface area contributed by atoms with E-state index < -0.39 is 0 Å². The molecule has 2 aromatic carbocycles. The zero-order valence-corrected chi connectivity index (χ0v) is 16.2. The Morgan fingerprint density at radius 2 is 1.76 bits per heavy atom. The summed E-state index contributed by atoms with van der Waals surface area (Å²) in [6.07, 6.45) is 2.58. The van der Waals surface area contributed by atoms with E-state index in [0.717, 1.165) is 16.3 Å². The molecule has 2 rings (SSSR count). The van der Waals surface area contributed by atoms with Crippen LogP contribution in [0.25, 0.3) is 0 Å². The van der Waals surface area contributed by atoms with Crippen molar-refractivity contribution in [3.8, 4) is 0 Å². The molecule has 0 aliphatic rings. The van der Waals surface area contributed by atoms with Crippen molar-refractivity contribution in [2.45, 2.75) is 5.75 Å². The van der Waals surface area contributed by atoms with Crippen LogP contribution in [-0.2, 0) is 5.75 Å². The molecule has 0 aromatic heterocycles. The van der Waals surface area contributed by atoms with Gasteiger partial charge in [0.05, 0.1) is 23.6 Å². The normalized spacial score (nSPS) is 12.4. The van der Waals surface area contributed by atoms with Gasteiger partial charge >= 0.3 is 0 Å². The van der Waals surface area contributed by atoms with E-state index in [2.05, 4.69) is 15.0 Å². The summed E-state index contributed by atoms with van der Waals surface area (Å²) in [4.78, 5) is 12.6. The number of nitrogens with zero attached hydrogens (tertiary/aromatic N) is 3. The summed E-state index contributed by atoms with van der Waals surface area (Å²) in [5.41, 5.74) is 6.96. The summed E-state index contributed by atoms with van der Waals surface area (Å²) in [7, 11) is 0. The molecule has 0 saturated carbocycles. The standard InChI is InChI=1S/C17H15Cl3N4S/c18-13-3-5-15(6-4-13)24-17(8-22-11-23-10-21)25-9-12-1-2-14(19)7-16(12)20/h1-7,10-11H,8-9H2,(H2,21,22,23). The SMILES string of the molecule is NC=NC=NCC(=Nc1ccc(Cl)cc1)SCc1ccc(Cl)cc1Cl. The molecule has 0 unspecified atom stereocenters. The summed E-state index contributed by atoms with van der Waals surface area (Å²) in [6.45, 7) is 0.385. The van der Waals surface area contributed by atoms with E-state index in [4.69, 9.17) is 40.5 Å². The molecule has 8 heteroatoms. The van der Waals surface area contributed by atoms with Crippen LogP contribution in [0.2, 0.25) is 15.1 Å². The average molecular weight is 414 g/mol. The van der Waals surface area contributed by atoms with E-state index in [0.29, 0.717) is 27.4 Å². The molecule has 0 heterocycles. The lowest BCUT2D eigenvalue weighted by molar-refractivity contribution is 1.30. The number of halogens is 3. The Labute approximate surface area is 165 Å². The Morgan fingerprint density at radius 3 is 2.44 bits per heavy atom. The van der Waals surface area contributed by atoms with Crippen molar-refractivity contribution in [1.29, 1.82) is 0 Å². The number of rotatable bonds is 6. The van der Waals surface area contributed by atoms with Crippen molar-refractivity contribution in [3.63, 3.8) is 0 Å². The van der Waals surface area contributed by atoms with Crippen LogP contribution in [0.3, 0.4) is 0 Å². The Morgan fingerprint density at radius 1 is 1.04 bits per heavy atom. The van der Waals surface area contributed by atoms with Crippen LogP contribution in [0.5, 0.6) is 0 Å². The number of benzene rings is 2. The van der Waals surface area contributed by atoms with E-state index in [1.807, 2.05) is 24.3 Å². The maximum atomic E-state index is 6.22. The minimum atomic E-state index is 0.385. The lowest BCUT2D eigenvalue weighted by Crippen LogP contribution is -1.99. The molecule has 2 N–H and O–H groups in total. The highest BCUT2D eigenvalue weighted by Gasteiger charge is 2.06. The van der Waals surface area contributed by atoms with Gasteiger partial charge < -0.3 is 5.73 Å².